The first-order valence-electron chi connectivity index (χ1n) is 8.98. The minimum absolute atomic E-state index is 0.383. The van der Waals surface area contributed by atoms with E-state index < -0.39 is 0 Å². The van der Waals surface area contributed by atoms with E-state index in [9.17, 15) is 0 Å². The molecule has 0 unspecified atom stereocenters. The summed E-state index contributed by atoms with van der Waals surface area (Å²) in [6.45, 7) is 11.2. The van der Waals surface area contributed by atoms with Crippen LogP contribution < -0.4 is 4.74 Å². The molecule has 0 aliphatic heterocycles. The molecule has 0 spiro atoms. The summed E-state index contributed by atoms with van der Waals surface area (Å²) in [5.74, 6) is 2.51. The Morgan fingerprint density at radius 2 is 1.93 bits per heavy atom. The van der Waals surface area contributed by atoms with Gasteiger partial charge >= 0.3 is 0 Å². The molecule has 0 radical (unpaired) electrons. The van der Waals surface area contributed by atoms with E-state index in [1.54, 1.807) is 11.8 Å². The molecule has 0 fully saturated rings. The molecule has 5 heteroatoms. The normalized spacial score (nSPS) is 10.8. The van der Waals surface area contributed by atoms with Crippen molar-refractivity contribution in [3.05, 3.63) is 83.2 Å². The molecule has 2 aromatic carbocycles. The molecule has 0 bridgehead atoms. The summed E-state index contributed by atoms with van der Waals surface area (Å²) in [6, 6.07) is 14.6. The van der Waals surface area contributed by atoms with Crippen molar-refractivity contribution in [3.63, 3.8) is 0 Å². The van der Waals surface area contributed by atoms with Gasteiger partial charge in [0.05, 0.1) is 0 Å². The van der Waals surface area contributed by atoms with Crippen molar-refractivity contribution in [1.29, 1.82) is 0 Å². The summed E-state index contributed by atoms with van der Waals surface area (Å²) in [5, 5.41) is 9.59. The predicted molar refractivity (Wildman–Crippen MR) is 111 cm³/mol. The van der Waals surface area contributed by atoms with Gasteiger partial charge in [-0.3, -0.25) is 4.57 Å². The first-order chi connectivity index (χ1) is 13.1. The topological polar surface area (TPSA) is 39.9 Å². The van der Waals surface area contributed by atoms with Crippen molar-refractivity contribution >= 4 is 11.8 Å². The van der Waals surface area contributed by atoms with Gasteiger partial charge in [-0.25, -0.2) is 0 Å². The van der Waals surface area contributed by atoms with Crippen molar-refractivity contribution in [1.82, 2.24) is 14.8 Å². The number of thioether (sulfide) groups is 1. The number of hydrogen-bond donors (Lipinski definition) is 0. The van der Waals surface area contributed by atoms with Gasteiger partial charge in [0.1, 0.15) is 12.4 Å². The van der Waals surface area contributed by atoms with Gasteiger partial charge in [0.2, 0.25) is 0 Å². The molecular formula is C22H25N3OS. The van der Waals surface area contributed by atoms with Gasteiger partial charge in [0, 0.05) is 12.3 Å². The lowest BCUT2D eigenvalue weighted by atomic mass is 10.1. The van der Waals surface area contributed by atoms with Gasteiger partial charge in [0.25, 0.3) is 0 Å². The Morgan fingerprint density at radius 1 is 1.07 bits per heavy atom. The van der Waals surface area contributed by atoms with Crippen molar-refractivity contribution in [2.45, 2.75) is 44.8 Å². The van der Waals surface area contributed by atoms with Crippen LogP contribution in [-0.4, -0.2) is 14.8 Å². The molecule has 0 atom stereocenters. The van der Waals surface area contributed by atoms with Crippen molar-refractivity contribution in [3.8, 4) is 5.75 Å². The second-order valence-electron chi connectivity index (χ2n) is 6.61. The van der Waals surface area contributed by atoms with Crippen LogP contribution in [0, 0.1) is 20.8 Å². The third-order valence-corrected chi connectivity index (χ3v) is 5.44. The van der Waals surface area contributed by atoms with E-state index in [-0.39, 0.29) is 0 Å². The Bertz CT molecular complexity index is 933. The highest BCUT2D eigenvalue weighted by Gasteiger charge is 2.13. The fourth-order valence-corrected chi connectivity index (χ4v) is 3.66. The van der Waals surface area contributed by atoms with Crippen LogP contribution in [0.15, 0.2) is 60.3 Å². The maximum atomic E-state index is 5.94. The van der Waals surface area contributed by atoms with Gasteiger partial charge in [-0.15, -0.1) is 16.8 Å². The van der Waals surface area contributed by atoms with Crippen molar-refractivity contribution < 1.29 is 4.74 Å². The highest BCUT2D eigenvalue weighted by atomic mass is 32.2. The number of ether oxygens (including phenoxy) is 1. The number of nitrogens with zero attached hydrogens (tertiary/aromatic N) is 3. The first-order valence-corrected chi connectivity index (χ1v) is 9.96. The van der Waals surface area contributed by atoms with Gasteiger partial charge in [-0.05, 0) is 49.6 Å². The molecule has 0 N–H and O–H groups in total. The number of aryl methyl sites for hydroxylation is 3. The number of hydrogen-bond acceptors (Lipinski definition) is 4. The van der Waals surface area contributed by atoms with Crippen molar-refractivity contribution in [2.24, 2.45) is 0 Å². The first kappa shape index (κ1) is 19.2. The van der Waals surface area contributed by atoms with Crippen LogP contribution in [0.4, 0.5) is 0 Å². The summed E-state index contributed by atoms with van der Waals surface area (Å²) in [7, 11) is 0. The van der Waals surface area contributed by atoms with Crippen LogP contribution in [-0.2, 0) is 18.9 Å². The molecule has 27 heavy (non-hydrogen) atoms. The summed E-state index contributed by atoms with van der Waals surface area (Å²) in [5.41, 5.74) is 5.02. The van der Waals surface area contributed by atoms with Crippen LogP contribution >= 0.6 is 11.8 Å². The van der Waals surface area contributed by atoms with E-state index in [0.717, 1.165) is 22.5 Å². The number of aromatic nitrogens is 3. The molecule has 3 aromatic rings. The molecule has 1 aromatic heterocycles. The van der Waals surface area contributed by atoms with E-state index >= 15 is 0 Å². The Kier molecular flexibility index (Phi) is 6.35. The zero-order valence-electron chi connectivity index (χ0n) is 16.1. The molecule has 0 aliphatic carbocycles. The zero-order chi connectivity index (χ0) is 19.2. The number of allylic oxidation sites excluding steroid dienone is 1. The Morgan fingerprint density at radius 3 is 2.67 bits per heavy atom. The largest absolute Gasteiger partial charge is 0.486 e. The second kappa shape index (κ2) is 8.91. The predicted octanol–water partition coefficient (Wildman–Crippen LogP) is 5.26. The molecular weight excluding hydrogens is 354 g/mol. The summed E-state index contributed by atoms with van der Waals surface area (Å²) in [6.07, 6.45) is 1.86. The molecule has 4 nitrogen and oxygen atoms in total. The molecule has 140 valence electrons. The maximum absolute atomic E-state index is 5.94. The standard InChI is InChI=1S/C22H25N3OS/c1-5-11-25-21(14-26-20-10-9-17(3)18(4)13-20)23-24-22(25)27-15-19-8-6-7-16(2)12-19/h5-10,12-13H,1,11,14-15H2,2-4H3. The van der Waals surface area contributed by atoms with Gasteiger partial charge in [-0.2, -0.15) is 0 Å². The SMILES string of the molecule is C=CCn1c(COc2ccc(C)c(C)c2)nnc1SCc1cccc(C)c1. The Hall–Kier alpha value is -2.53. The lowest BCUT2D eigenvalue weighted by Gasteiger charge is -2.10. The van der Waals surface area contributed by atoms with Crippen LogP contribution in [0.3, 0.4) is 0 Å². The summed E-state index contributed by atoms with van der Waals surface area (Å²) >= 11 is 1.68. The molecule has 1 heterocycles. The minimum atomic E-state index is 0.383. The molecule has 0 amide bonds. The Balaban J connectivity index is 1.70. The van der Waals surface area contributed by atoms with Gasteiger partial charge in [0.15, 0.2) is 11.0 Å². The monoisotopic (exact) mass is 379 g/mol. The van der Waals surface area contributed by atoms with Gasteiger partial charge in [-0.1, -0.05) is 53.7 Å². The average Bonchev–Trinajstić information content (AvgIpc) is 3.03. The van der Waals surface area contributed by atoms with E-state index in [2.05, 4.69) is 78.5 Å². The lowest BCUT2D eigenvalue weighted by Crippen LogP contribution is -2.07. The van der Waals surface area contributed by atoms with Crippen molar-refractivity contribution in [2.75, 3.05) is 0 Å². The fourth-order valence-electron chi connectivity index (χ4n) is 2.75. The second-order valence-corrected chi connectivity index (χ2v) is 7.55. The van der Waals surface area contributed by atoms with Crippen LogP contribution in [0.2, 0.25) is 0 Å². The number of rotatable bonds is 8. The molecule has 0 saturated carbocycles. The summed E-state index contributed by atoms with van der Waals surface area (Å²) in [4.78, 5) is 0. The average molecular weight is 380 g/mol. The molecule has 0 saturated heterocycles. The third-order valence-electron chi connectivity index (χ3n) is 4.40. The Labute approximate surface area is 165 Å². The number of benzene rings is 2. The molecule has 0 aliphatic rings. The minimum Gasteiger partial charge on any atom is -0.486 e. The third kappa shape index (κ3) is 5.01. The van der Waals surface area contributed by atoms with Crippen LogP contribution in [0.1, 0.15) is 28.1 Å². The van der Waals surface area contributed by atoms with E-state index in [0.29, 0.717) is 13.2 Å². The van der Waals surface area contributed by atoms with Crippen LogP contribution in [0.5, 0.6) is 5.75 Å². The van der Waals surface area contributed by atoms with Crippen LogP contribution in [0.25, 0.3) is 0 Å². The van der Waals surface area contributed by atoms with E-state index in [1.165, 1.54) is 22.3 Å². The maximum Gasteiger partial charge on any atom is 0.191 e. The van der Waals surface area contributed by atoms with Gasteiger partial charge < -0.3 is 4.74 Å². The highest BCUT2D eigenvalue weighted by molar-refractivity contribution is 7.98. The quantitative estimate of drug-likeness (QED) is 0.395. The summed E-state index contributed by atoms with van der Waals surface area (Å²) < 4.78 is 8.00. The fraction of sp³-hybridized carbons (Fsp3) is 0.273. The zero-order valence-corrected chi connectivity index (χ0v) is 16.9. The lowest BCUT2D eigenvalue weighted by molar-refractivity contribution is 0.289. The highest BCUT2D eigenvalue weighted by Crippen LogP contribution is 2.23. The van der Waals surface area contributed by atoms with E-state index in [4.69, 9.17) is 4.74 Å². The smallest absolute Gasteiger partial charge is 0.191 e. The molecule has 3 rings (SSSR count). The van der Waals surface area contributed by atoms with E-state index in [1.807, 2.05) is 12.1 Å².